The van der Waals surface area contributed by atoms with Gasteiger partial charge in [0.25, 0.3) is 0 Å². The van der Waals surface area contributed by atoms with Crippen LogP contribution in [0, 0.1) is 5.92 Å². The van der Waals surface area contributed by atoms with Crippen LogP contribution in [-0.2, 0) is 0 Å². The summed E-state index contributed by atoms with van der Waals surface area (Å²) in [6.07, 6.45) is 5.62. The molecule has 0 aliphatic rings. The lowest BCUT2D eigenvalue weighted by atomic mass is 9.93. The molecule has 0 aliphatic heterocycles. The molecule has 0 aliphatic carbocycles. The van der Waals surface area contributed by atoms with Crippen LogP contribution >= 0.6 is 0 Å². The number of carbonyl (C=O) groups excluding carboxylic acids is 1. The average molecular weight is 215 g/mol. The molecular formula is C11H25N3O. The van der Waals surface area contributed by atoms with Crippen molar-refractivity contribution >= 4 is 6.03 Å². The van der Waals surface area contributed by atoms with Crippen molar-refractivity contribution in [2.45, 2.75) is 58.9 Å². The van der Waals surface area contributed by atoms with Gasteiger partial charge in [0.2, 0.25) is 0 Å². The molecule has 4 N–H and O–H groups in total. The quantitative estimate of drug-likeness (QED) is 0.346. The average Bonchev–Trinajstić information content (AvgIpc) is 2.24. The van der Waals surface area contributed by atoms with Gasteiger partial charge in [-0.15, -0.1) is 0 Å². The Morgan fingerprint density at radius 2 is 1.93 bits per heavy atom. The molecule has 90 valence electrons. The minimum atomic E-state index is -0.279. The molecule has 4 nitrogen and oxygen atoms in total. The topological polar surface area (TPSA) is 67.2 Å². The molecule has 0 spiro atoms. The van der Waals surface area contributed by atoms with E-state index < -0.39 is 0 Å². The lowest BCUT2D eigenvalue weighted by Crippen LogP contribution is -2.47. The van der Waals surface area contributed by atoms with E-state index in [1.54, 1.807) is 0 Å². The molecule has 0 aromatic carbocycles. The number of carbonyl (C=O) groups is 1. The van der Waals surface area contributed by atoms with E-state index in [2.05, 4.69) is 31.5 Å². The summed E-state index contributed by atoms with van der Waals surface area (Å²) >= 11 is 0. The van der Waals surface area contributed by atoms with E-state index in [0.717, 1.165) is 32.1 Å². The van der Waals surface area contributed by atoms with Gasteiger partial charge in [-0.1, -0.05) is 40.0 Å². The highest BCUT2D eigenvalue weighted by Gasteiger charge is 2.17. The maximum absolute atomic E-state index is 11.1. The molecule has 2 atom stereocenters. The van der Waals surface area contributed by atoms with Crippen LogP contribution in [0.4, 0.5) is 4.79 Å². The summed E-state index contributed by atoms with van der Waals surface area (Å²) in [5.41, 5.74) is 2.12. The van der Waals surface area contributed by atoms with E-state index in [4.69, 9.17) is 5.84 Å². The Hall–Kier alpha value is -0.770. The summed E-state index contributed by atoms with van der Waals surface area (Å²) in [5.74, 6) is 5.57. The number of nitrogens with two attached hydrogens (primary N) is 1. The monoisotopic (exact) mass is 215 g/mol. The third-order valence-corrected chi connectivity index (χ3v) is 2.75. The van der Waals surface area contributed by atoms with Gasteiger partial charge in [0.05, 0.1) is 0 Å². The first kappa shape index (κ1) is 14.2. The predicted molar refractivity (Wildman–Crippen MR) is 63.2 cm³/mol. The Kier molecular flexibility index (Phi) is 8.09. The zero-order valence-electron chi connectivity index (χ0n) is 10.2. The first-order valence-corrected chi connectivity index (χ1v) is 5.92. The molecule has 0 rings (SSSR count). The van der Waals surface area contributed by atoms with Crippen LogP contribution in [0.2, 0.25) is 0 Å². The summed E-state index contributed by atoms with van der Waals surface area (Å²) in [4.78, 5) is 11.1. The van der Waals surface area contributed by atoms with E-state index in [1.807, 2.05) is 0 Å². The van der Waals surface area contributed by atoms with Gasteiger partial charge in [0.15, 0.2) is 0 Å². The second kappa shape index (κ2) is 8.53. The minimum absolute atomic E-state index is 0.244. The summed E-state index contributed by atoms with van der Waals surface area (Å²) in [5, 5.41) is 2.91. The zero-order valence-corrected chi connectivity index (χ0v) is 10.2. The molecule has 4 heteroatoms. The first-order valence-electron chi connectivity index (χ1n) is 5.92. The van der Waals surface area contributed by atoms with Crippen LogP contribution in [0.1, 0.15) is 52.9 Å². The molecular weight excluding hydrogens is 190 g/mol. The van der Waals surface area contributed by atoms with Gasteiger partial charge < -0.3 is 5.32 Å². The van der Waals surface area contributed by atoms with Crippen LogP contribution in [0.15, 0.2) is 0 Å². The molecule has 0 bridgehead atoms. The predicted octanol–water partition coefficient (Wildman–Crippen LogP) is 2.15. The second-order valence-corrected chi connectivity index (χ2v) is 4.13. The number of urea groups is 1. The van der Waals surface area contributed by atoms with Crippen molar-refractivity contribution in [3.05, 3.63) is 0 Å². The summed E-state index contributed by atoms with van der Waals surface area (Å²) in [6, 6.07) is -0.0347. The number of rotatable bonds is 7. The zero-order chi connectivity index (χ0) is 11.7. The Labute approximate surface area is 93.0 Å². The first-order chi connectivity index (χ1) is 7.15. The fraction of sp³-hybridized carbons (Fsp3) is 0.909. The van der Waals surface area contributed by atoms with E-state index in [-0.39, 0.29) is 12.1 Å². The van der Waals surface area contributed by atoms with Crippen molar-refractivity contribution in [2.75, 3.05) is 0 Å². The van der Waals surface area contributed by atoms with Gasteiger partial charge in [0, 0.05) is 6.04 Å². The van der Waals surface area contributed by atoms with E-state index in [0.29, 0.717) is 5.92 Å². The van der Waals surface area contributed by atoms with Gasteiger partial charge in [-0.05, 0) is 18.8 Å². The van der Waals surface area contributed by atoms with Crippen molar-refractivity contribution in [3.63, 3.8) is 0 Å². The van der Waals surface area contributed by atoms with Gasteiger partial charge in [-0.2, -0.15) is 0 Å². The summed E-state index contributed by atoms with van der Waals surface area (Å²) in [6.45, 7) is 6.50. The fourth-order valence-electron chi connectivity index (χ4n) is 1.79. The molecule has 0 aromatic rings. The molecule has 0 fully saturated rings. The van der Waals surface area contributed by atoms with Gasteiger partial charge in [-0.3, -0.25) is 5.43 Å². The molecule has 0 saturated heterocycles. The Morgan fingerprint density at radius 1 is 1.27 bits per heavy atom. The number of hydrogen-bond donors (Lipinski definition) is 3. The number of hydrazine groups is 1. The normalized spacial score (nSPS) is 14.4. The third kappa shape index (κ3) is 6.33. The van der Waals surface area contributed by atoms with Crippen molar-refractivity contribution in [1.82, 2.24) is 10.7 Å². The SMILES string of the molecule is CCCCC(NC(=O)NN)C(C)CCC. The third-order valence-electron chi connectivity index (χ3n) is 2.75. The molecule has 0 aromatic heterocycles. The van der Waals surface area contributed by atoms with Gasteiger partial charge in [-0.25, -0.2) is 10.6 Å². The van der Waals surface area contributed by atoms with Crippen LogP contribution < -0.4 is 16.6 Å². The molecule has 2 amide bonds. The minimum Gasteiger partial charge on any atom is -0.334 e. The summed E-state index contributed by atoms with van der Waals surface area (Å²) < 4.78 is 0. The van der Waals surface area contributed by atoms with Crippen LogP contribution in [-0.4, -0.2) is 12.1 Å². The van der Waals surface area contributed by atoms with Crippen LogP contribution in [0.3, 0.4) is 0 Å². The largest absolute Gasteiger partial charge is 0.334 e. The highest BCUT2D eigenvalue weighted by molar-refractivity contribution is 5.73. The fourth-order valence-corrected chi connectivity index (χ4v) is 1.79. The molecule has 0 radical (unpaired) electrons. The molecule has 2 unspecified atom stereocenters. The maximum atomic E-state index is 11.1. The number of hydrogen-bond acceptors (Lipinski definition) is 2. The highest BCUT2D eigenvalue weighted by atomic mass is 16.2. The van der Waals surface area contributed by atoms with Gasteiger partial charge >= 0.3 is 6.03 Å². The van der Waals surface area contributed by atoms with Crippen molar-refractivity contribution in [1.29, 1.82) is 0 Å². The smallest absolute Gasteiger partial charge is 0.329 e. The lowest BCUT2D eigenvalue weighted by Gasteiger charge is -2.24. The van der Waals surface area contributed by atoms with Crippen LogP contribution in [0.25, 0.3) is 0 Å². The van der Waals surface area contributed by atoms with Crippen LogP contribution in [0.5, 0.6) is 0 Å². The lowest BCUT2D eigenvalue weighted by molar-refractivity contribution is 0.228. The maximum Gasteiger partial charge on any atom is 0.329 e. The summed E-state index contributed by atoms with van der Waals surface area (Å²) in [7, 11) is 0. The Bertz CT molecular complexity index is 173. The van der Waals surface area contributed by atoms with Gasteiger partial charge in [0.1, 0.15) is 0 Å². The number of amides is 2. The molecule has 0 heterocycles. The highest BCUT2D eigenvalue weighted by Crippen LogP contribution is 2.15. The standard InChI is InChI=1S/C11H25N3O/c1-4-6-8-10(9(3)7-5-2)13-11(15)14-12/h9-10H,4-8,12H2,1-3H3,(H2,13,14,15). The van der Waals surface area contributed by atoms with E-state index >= 15 is 0 Å². The molecule has 0 saturated carbocycles. The second-order valence-electron chi connectivity index (χ2n) is 4.13. The van der Waals surface area contributed by atoms with E-state index in [1.165, 1.54) is 0 Å². The number of nitrogens with one attached hydrogen (secondary N) is 2. The van der Waals surface area contributed by atoms with Crippen molar-refractivity contribution in [2.24, 2.45) is 11.8 Å². The van der Waals surface area contributed by atoms with Crippen molar-refractivity contribution in [3.8, 4) is 0 Å². The van der Waals surface area contributed by atoms with Crippen molar-refractivity contribution < 1.29 is 4.79 Å². The molecule has 15 heavy (non-hydrogen) atoms. The number of unbranched alkanes of at least 4 members (excludes halogenated alkanes) is 1. The Morgan fingerprint density at radius 3 is 2.40 bits per heavy atom. The Balaban J connectivity index is 4.09. The van der Waals surface area contributed by atoms with E-state index in [9.17, 15) is 4.79 Å².